The van der Waals surface area contributed by atoms with E-state index in [9.17, 15) is 9.90 Å². The molecule has 6 heteroatoms. The minimum atomic E-state index is -0.913. The number of thiazole rings is 1. The maximum Gasteiger partial charge on any atom is 0.307 e. The van der Waals surface area contributed by atoms with Gasteiger partial charge < -0.3 is 14.3 Å². The summed E-state index contributed by atoms with van der Waals surface area (Å²) in [5.74, 6) is 0.297. The minimum Gasteiger partial charge on any atom is -0.493 e. The third-order valence-corrected chi connectivity index (χ3v) is 5.09. The van der Waals surface area contributed by atoms with E-state index in [1.807, 2.05) is 48.5 Å². The molecule has 0 atom stereocenters. The highest BCUT2D eigenvalue weighted by Gasteiger charge is 2.14. The number of aromatic nitrogens is 1. The number of carboxylic acid groups (broad SMARTS) is 1. The molecule has 2 aromatic heterocycles. The van der Waals surface area contributed by atoms with Crippen LogP contribution in [-0.4, -0.2) is 23.2 Å². The predicted molar refractivity (Wildman–Crippen MR) is 103 cm³/mol. The van der Waals surface area contributed by atoms with Gasteiger partial charge in [0, 0.05) is 11.0 Å². The fourth-order valence-electron chi connectivity index (χ4n) is 2.82. The summed E-state index contributed by atoms with van der Waals surface area (Å²) in [5, 5.41) is 10.9. The van der Waals surface area contributed by atoms with Crippen LogP contribution in [0.4, 0.5) is 0 Å². The molecule has 0 aliphatic carbocycles. The van der Waals surface area contributed by atoms with Gasteiger partial charge in [-0.25, -0.2) is 4.98 Å². The van der Waals surface area contributed by atoms with Crippen molar-refractivity contribution >= 4 is 50.1 Å². The quantitative estimate of drug-likeness (QED) is 0.535. The first-order chi connectivity index (χ1) is 12.6. The third kappa shape index (κ3) is 3.07. The molecular weight excluding hydrogens is 350 g/mol. The van der Waals surface area contributed by atoms with Crippen molar-refractivity contribution < 1.29 is 19.1 Å². The van der Waals surface area contributed by atoms with Gasteiger partial charge >= 0.3 is 5.97 Å². The molecule has 0 saturated carbocycles. The molecule has 0 radical (unpaired) electrons. The van der Waals surface area contributed by atoms with Crippen molar-refractivity contribution in [3.8, 4) is 5.75 Å². The lowest BCUT2D eigenvalue weighted by atomic mass is 10.1. The highest BCUT2D eigenvalue weighted by Crippen LogP contribution is 2.33. The standard InChI is InChI=1S/C20H15NO4S/c1-24-16-7-4-5-12-9-14(25-19(12)16)10-13(11-18(22)23)20-21-15-6-2-3-8-17(15)26-20/h2-10H,11H2,1H3,(H,22,23)/b13-10+. The fraction of sp³-hybridized carbons (Fsp3) is 0.100. The van der Waals surface area contributed by atoms with Crippen LogP contribution in [0.3, 0.4) is 0 Å². The highest BCUT2D eigenvalue weighted by molar-refractivity contribution is 7.19. The Morgan fingerprint density at radius 1 is 1.27 bits per heavy atom. The molecule has 0 spiro atoms. The van der Waals surface area contributed by atoms with E-state index in [4.69, 9.17) is 9.15 Å². The molecule has 0 aliphatic heterocycles. The largest absolute Gasteiger partial charge is 0.493 e. The number of hydrogen-bond donors (Lipinski definition) is 1. The Morgan fingerprint density at radius 2 is 2.12 bits per heavy atom. The zero-order chi connectivity index (χ0) is 18.1. The Kier molecular flexibility index (Phi) is 4.18. The van der Waals surface area contributed by atoms with Gasteiger partial charge in [-0.15, -0.1) is 11.3 Å². The maximum absolute atomic E-state index is 11.3. The van der Waals surface area contributed by atoms with Gasteiger partial charge in [0.05, 0.1) is 23.7 Å². The molecule has 2 aromatic carbocycles. The number of carbonyl (C=O) groups is 1. The molecule has 5 nitrogen and oxygen atoms in total. The van der Waals surface area contributed by atoms with E-state index in [2.05, 4.69) is 4.98 Å². The summed E-state index contributed by atoms with van der Waals surface area (Å²) in [7, 11) is 1.59. The van der Waals surface area contributed by atoms with Gasteiger partial charge in [-0.05, 0) is 30.3 Å². The third-order valence-electron chi connectivity index (χ3n) is 3.97. The lowest BCUT2D eigenvalue weighted by Gasteiger charge is -2.00. The van der Waals surface area contributed by atoms with Crippen LogP contribution in [0, 0.1) is 0 Å². The SMILES string of the molecule is COc1cccc2cc(/C=C(\CC(=O)O)c3nc4ccccc4s3)oc12. The molecule has 0 amide bonds. The van der Waals surface area contributed by atoms with Crippen LogP contribution in [0.25, 0.3) is 32.8 Å². The van der Waals surface area contributed by atoms with Crippen LogP contribution in [-0.2, 0) is 4.79 Å². The van der Waals surface area contributed by atoms with E-state index in [0.29, 0.717) is 27.7 Å². The zero-order valence-electron chi connectivity index (χ0n) is 13.9. The number of furan rings is 1. The Labute approximate surface area is 153 Å². The van der Waals surface area contributed by atoms with Gasteiger partial charge in [-0.3, -0.25) is 4.79 Å². The first-order valence-electron chi connectivity index (χ1n) is 7.99. The Morgan fingerprint density at radius 3 is 2.88 bits per heavy atom. The molecule has 4 aromatic rings. The van der Waals surface area contributed by atoms with Crippen LogP contribution >= 0.6 is 11.3 Å². The highest BCUT2D eigenvalue weighted by atomic mass is 32.1. The first-order valence-corrected chi connectivity index (χ1v) is 8.80. The normalized spacial score (nSPS) is 12.0. The van der Waals surface area contributed by atoms with Crippen molar-refractivity contribution in [1.82, 2.24) is 4.98 Å². The number of rotatable bonds is 5. The molecule has 2 heterocycles. The van der Waals surface area contributed by atoms with Gasteiger partial charge in [-0.1, -0.05) is 24.3 Å². The Bertz CT molecular complexity index is 1110. The summed E-state index contributed by atoms with van der Waals surface area (Å²) < 4.78 is 12.2. The molecule has 1 N–H and O–H groups in total. The lowest BCUT2D eigenvalue weighted by molar-refractivity contribution is -0.135. The van der Waals surface area contributed by atoms with E-state index in [-0.39, 0.29) is 6.42 Å². The van der Waals surface area contributed by atoms with E-state index in [0.717, 1.165) is 15.6 Å². The Balaban J connectivity index is 1.82. The minimum absolute atomic E-state index is 0.131. The van der Waals surface area contributed by atoms with Crippen LogP contribution in [0.15, 0.2) is 52.9 Å². The average molecular weight is 365 g/mol. The number of nitrogens with zero attached hydrogens (tertiary/aromatic N) is 1. The molecule has 4 rings (SSSR count). The summed E-state index contributed by atoms with van der Waals surface area (Å²) >= 11 is 1.47. The number of para-hydroxylation sites is 2. The van der Waals surface area contributed by atoms with Crippen molar-refractivity contribution in [1.29, 1.82) is 0 Å². The van der Waals surface area contributed by atoms with Gasteiger partial charge in [-0.2, -0.15) is 0 Å². The summed E-state index contributed by atoms with van der Waals surface area (Å²) in [6, 6.07) is 15.2. The molecular formula is C20H15NO4S. The summed E-state index contributed by atoms with van der Waals surface area (Å²) in [6.07, 6.45) is 1.61. The van der Waals surface area contributed by atoms with Gasteiger partial charge in [0.1, 0.15) is 10.8 Å². The molecule has 26 heavy (non-hydrogen) atoms. The zero-order valence-corrected chi connectivity index (χ0v) is 14.7. The molecule has 0 bridgehead atoms. The average Bonchev–Trinajstić information content (AvgIpc) is 3.23. The van der Waals surface area contributed by atoms with Crippen LogP contribution in [0.5, 0.6) is 5.75 Å². The lowest BCUT2D eigenvalue weighted by Crippen LogP contribution is -1.96. The van der Waals surface area contributed by atoms with Gasteiger partial charge in [0.25, 0.3) is 0 Å². The van der Waals surface area contributed by atoms with Crippen molar-refractivity contribution in [2.45, 2.75) is 6.42 Å². The van der Waals surface area contributed by atoms with Crippen molar-refractivity contribution in [3.63, 3.8) is 0 Å². The van der Waals surface area contributed by atoms with E-state index < -0.39 is 5.97 Å². The Hall–Kier alpha value is -3.12. The second kappa shape index (κ2) is 6.65. The van der Waals surface area contributed by atoms with E-state index in [1.54, 1.807) is 13.2 Å². The summed E-state index contributed by atoms with van der Waals surface area (Å²) in [4.78, 5) is 15.9. The smallest absolute Gasteiger partial charge is 0.307 e. The fourth-order valence-corrected chi connectivity index (χ4v) is 3.80. The molecule has 0 saturated heterocycles. The number of fused-ring (bicyclic) bond motifs is 2. The monoisotopic (exact) mass is 365 g/mol. The van der Waals surface area contributed by atoms with Crippen molar-refractivity contribution in [2.75, 3.05) is 7.11 Å². The van der Waals surface area contributed by atoms with Gasteiger partial charge in [0.2, 0.25) is 0 Å². The molecule has 0 fully saturated rings. The molecule has 0 aliphatic rings. The number of hydrogen-bond acceptors (Lipinski definition) is 5. The van der Waals surface area contributed by atoms with Crippen molar-refractivity contribution in [3.05, 3.63) is 59.3 Å². The topological polar surface area (TPSA) is 72.6 Å². The number of benzene rings is 2. The first kappa shape index (κ1) is 16.4. The van der Waals surface area contributed by atoms with Crippen molar-refractivity contribution in [2.24, 2.45) is 0 Å². The second-order valence-corrected chi connectivity index (χ2v) is 6.78. The predicted octanol–water partition coefficient (Wildman–Crippen LogP) is 5.07. The number of aliphatic carboxylic acids is 1. The van der Waals surface area contributed by atoms with Gasteiger partial charge in [0.15, 0.2) is 11.3 Å². The number of methoxy groups -OCH3 is 1. The van der Waals surface area contributed by atoms with E-state index >= 15 is 0 Å². The van der Waals surface area contributed by atoms with E-state index in [1.165, 1.54) is 11.3 Å². The summed E-state index contributed by atoms with van der Waals surface area (Å²) in [5.41, 5.74) is 2.10. The second-order valence-electron chi connectivity index (χ2n) is 5.75. The number of ether oxygens (including phenoxy) is 1. The summed E-state index contributed by atoms with van der Waals surface area (Å²) in [6.45, 7) is 0. The van der Waals surface area contributed by atoms with Crippen LogP contribution in [0.2, 0.25) is 0 Å². The molecule has 0 unspecified atom stereocenters. The van der Waals surface area contributed by atoms with Crippen LogP contribution in [0.1, 0.15) is 17.2 Å². The number of carboxylic acids is 1. The maximum atomic E-state index is 11.3. The molecule has 130 valence electrons. The van der Waals surface area contributed by atoms with Crippen LogP contribution < -0.4 is 4.74 Å².